The number of ether oxygens (including phenoxy) is 2. The van der Waals surface area contributed by atoms with E-state index in [-0.39, 0.29) is 18.8 Å². The van der Waals surface area contributed by atoms with Crippen LogP contribution in [0.15, 0.2) is 48.4 Å². The monoisotopic (exact) mass is 413 g/mol. The van der Waals surface area contributed by atoms with E-state index in [0.717, 1.165) is 42.7 Å². The third kappa shape index (κ3) is 5.54. The van der Waals surface area contributed by atoms with E-state index in [9.17, 15) is 10.2 Å². The SMILES string of the molecule is C/C=C(\C=C/CCn1cc([C@H]2C[C@@H](O)C[C@@H](CO)O2)c2cc(C)ccc21)OCCC. The lowest BCUT2D eigenvalue weighted by Gasteiger charge is -2.32. The van der Waals surface area contributed by atoms with Crippen LogP contribution in [0.3, 0.4) is 0 Å². The van der Waals surface area contributed by atoms with Crippen molar-refractivity contribution in [1.29, 1.82) is 0 Å². The molecule has 2 aromatic rings. The number of hydrogen-bond acceptors (Lipinski definition) is 4. The Morgan fingerprint density at radius 1 is 1.33 bits per heavy atom. The minimum Gasteiger partial charge on any atom is -0.494 e. The van der Waals surface area contributed by atoms with Crippen molar-refractivity contribution in [3.8, 4) is 0 Å². The minimum absolute atomic E-state index is 0.0661. The number of aliphatic hydroxyl groups excluding tert-OH is 2. The largest absolute Gasteiger partial charge is 0.494 e. The molecule has 0 saturated carbocycles. The molecule has 0 aliphatic carbocycles. The molecule has 5 nitrogen and oxygen atoms in total. The Morgan fingerprint density at radius 3 is 2.90 bits per heavy atom. The maximum Gasteiger partial charge on any atom is 0.114 e. The van der Waals surface area contributed by atoms with Crippen LogP contribution < -0.4 is 0 Å². The molecule has 0 unspecified atom stereocenters. The van der Waals surface area contributed by atoms with Gasteiger partial charge in [-0.05, 0) is 51.0 Å². The third-order valence-electron chi connectivity index (χ3n) is 5.57. The maximum absolute atomic E-state index is 10.3. The number of nitrogens with zero attached hydrogens (tertiary/aromatic N) is 1. The first-order chi connectivity index (χ1) is 14.5. The van der Waals surface area contributed by atoms with Gasteiger partial charge in [-0.2, -0.15) is 0 Å². The van der Waals surface area contributed by atoms with Crippen LogP contribution >= 0.6 is 0 Å². The fourth-order valence-corrected chi connectivity index (χ4v) is 4.05. The second-order valence-corrected chi connectivity index (χ2v) is 8.08. The molecule has 3 rings (SSSR count). The average molecular weight is 414 g/mol. The van der Waals surface area contributed by atoms with Crippen molar-refractivity contribution < 1.29 is 19.7 Å². The molecule has 3 atom stereocenters. The smallest absolute Gasteiger partial charge is 0.114 e. The molecular formula is C25H35NO4. The summed E-state index contributed by atoms with van der Waals surface area (Å²) in [6, 6.07) is 6.47. The molecular weight excluding hydrogens is 378 g/mol. The summed E-state index contributed by atoms with van der Waals surface area (Å²) in [4.78, 5) is 0. The number of aryl methyl sites for hydroxylation is 2. The Hall–Kier alpha value is -2.08. The molecule has 164 valence electrons. The van der Waals surface area contributed by atoms with Gasteiger partial charge in [0.15, 0.2) is 0 Å². The Bertz CT molecular complexity index is 883. The highest BCUT2D eigenvalue weighted by Crippen LogP contribution is 2.36. The molecule has 0 amide bonds. The van der Waals surface area contributed by atoms with E-state index < -0.39 is 6.10 Å². The molecule has 2 heterocycles. The zero-order valence-corrected chi connectivity index (χ0v) is 18.4. The van der Waals surface area contributed by atoms with Crippen molar-refractivity contribution in [2.75, 3.05) is 13.2 Å². The van der Waals surface area contributed by atoms with E-state index >= 15 is 0 Å². The molecule has 0 radical (unpaired) electrons. The van der Waals surface area contributed by atoms with E-state index in [1.807, 2.05) is 19.1 Å². The summed E-state index contributed by atoms with van der Waals surface area (Å²) in [5.74, 6) is 0.908. The number of allylic oxidation sites excluding steroid dienone is 3. The minimum atomic E-state index is -0.450. The predicted molar refractivity (Wildman–Crippen MR) is 120 cm³/mol. The maximum atomic E-state index is 10.3. The molecule has 1 aliphatic rings. The average Bonchev–Trinajstić information content (AvgIpc) is 3.10. The van der Waals surface area contributed by atoms with Gasteiger partial charge in [-0.3, -0.25) is 0 Å². The van der Waals surface area contributed by atoms with Crippen LogP contribution in [0.2, 0.25) is 0 Å². The molecule has 30 heavy (non-hydrogen) atoms. The van der Waals surface area contributed by atoms with Crippen LogP contribution in [0.5, 0.6) is 0 Å². The van der Waals surface area contributed by atoms with Crippen LogP contribution in [0.25, 0.3) is 10.9 Å². The number of aliphatic hydroxyl groups is 2. The molecule has 1 aromatic carbocycles. The molecule has 2 N–H and O–H groups in total. The number of benzene rings is 1. The van der Waals surface area contributed by atoms with Gasteiger partial charge < -0.3 is 24.3 Å². The second kappa shape index (κ2) is 10.8. The summed E-state index contributed by atoms with van der Waals surface area (Å²) >= 11 is 0. The highest BCUT2D eigenvalue weighted by molar-refractivity contribution is 5.85. The van der Waals surface area contributed by atoms with E-state index in [1.165, 1.54) is 11.1 Å². The molecule has 0 bridgehead atoms. The van der Waals surface area contributed by atoms with Crippen molar-refractivity contribution in [1.82, 2.24) is 4.57 Å². The third-order valence-corrected chi connectivity index (χ3v) is 5.57. The van der Waals surface area contributed by atoms with Gasteiger partial charge in [0.2, 0.25) is 0 Å². The summed E-state index contributed by atoms with van der Waals surface area (Å²) in [5, 5.41) is 21.0. The van der Waals surface area contributed by atoms with E-state index in [0.29, 0.717) is 12.8 Å². The first kappa shape index (κ1) is 22.6. The number of aromatic nitrogens is 1. The lowest BCUT2D eigenvalue weighted by Crippen LogP contribution is -2.33. The Labute approximate surface area is 179 Å². The summed E-state index contributed by atoms with van der Waals surface area (Å²) in [7, 11) is 0. The second-order valence-electron chi connectivity index (χ2n) is 8.08. The standard InChI is InChI=1S/C25H35NO4/c1-4-12-29-20(5-2)8-6-7-11-26-16-23(22-13-18(3)9-10-24(22)26)25-15-19(28)14-21(17-27)30-25/h5-6,8-10,13,16,19,21,25,27-28H,4,7,11-12,14-15,17H2,1-3H3/b8-6-,20-5+/t19-,21-,25+/m0/s1. The van der Waals surface area contributed by atoms with Crippen molar-refractivity contribution in [3.05, 3.63) is 59.5 Å². The van der Waals surface area contributed by atoms with Gasteiger partial charge in [0, 0.05) is 42.0 Å². The van der Waals surface area contributed by atoms with Crippen LogP contribution in [0, 0.1) is 6.92 Å². The molecule has 0 spiro atoms. The summed E-state index contributed by atoms with van der Waals surface area (Å²) in [6.45, 7) is 7.69. The highest BCUT2D eigenvalue weighted by atomic mass is 16.5. The van der Waals surface area contributed by atoms with Gasteiger partial charge in [0.1, 0.15) is 5.76 Å². The zero-order valence-electron chi connectivity index (χ0n) is 18.4. The highest BCUT2D eigenvalue weighted by Gasteiger charge is 2.30. The van der Waals surface area contributed by atoms with Gasteiger partial charge in [-0.1, -0.05) is 24.6 Å². The number of hydrogen-bond donors (Lipinski definition) is 2. The molecule has 1 aliphatic heterocycles. The lowest BCUT2D eigenvalue weighted by atomic mass is 9.95. The summed E-state index contributed by atoms with van der Waals surface area (Å²) < 4.78 is 14.1. The van der Waals surface area contributed by atoms with Crippen LogP contribution in [-0.4, -0.2) is 40.2 Å². The predicted octanol–water partition coefficient (Wildman–Crippen LogP) is 4.80. The number of rotatable bonds is 9. The van der Waals surface area contributed by atoms with Crippen LogP contribution in [-0.2, 0) is 16.0 Å². The fourth-order valence-electron chi connectivity index (χ4n) is 4.05. The van der Waals surface area contributed by atoms with Gasteiger partial charge in [0.25, 0.3) is 0 Å². The first-order valence-corrected chi connectivity index (χ1v) is 11.0. The molecule has 5 heteroatoms. The number of fused-ring (bicyclic) bond motifs is 1. The normalized spacial score (nSPS) is 22.8. The molecule has 1 saturated heterocycles. The quantitative estimate of drug-likeness (QED) is 0.458. The summed E-state index contributed by atoms with van der Waals surface area (Å²) in [6.07, 6.45) is 10.3. The van der Waals surface area contributed by atoms with Crippen molar-refractivity contribution >= 4 is 10.9 Å². The van der Waals surface area contributed by atoms with Crippen LogP contribution in [0.4, 0.5) is 0 Å². The van der Waals surface area contributed by atoms with Crippen molar-refractivity contribution in [2.45, 2.75) is 71.3 Å². The van der Waals surface area contributed by atoms with E-state index in [4.69, 9.17) is 9.47 Å². The lowest BCUT2D eigenvalue weighted by molar-refractivity contribution is -0.113. The van der Waals surface area contributed by atoms with E-state index in [1.54, 1.807) is 0 Å². The first-order valence-electron chi connectivity index (χ1n) is 11.0. The zero-order chi connectivity index (χ0) is 21.5. The Kier molecular flexibility index (Phi) is 8.14. The fraction of sp³-hybridized carbons (Fsp3) is 0.520. The van der Waals surface area contributed by atoms with Gasteiger partial charge in [-0.25, -0.2) is 0 Å². The van der Waals surface area contributed by atoms with Gasteiger partial charge >= 0.3 is 0 Å². The Morgan fingerprint density at radius 2 is 2.17 bits per heavy atom. The molecule has 1 aromatic heterocycles. The van der Waals surface area contributed by atoms with Gasteiger partial charge in [-0.15, -0.1) is 0 Å². The van der Waals surface area contributed by atoms with E-state index in [2.05, 4.69) is 48.9 Å². The van der Waals surface area contributed by atoms with Crippen molar-refractivity contribution in [3.63, 3.8) is 0 Å². The van der Waals surface area contributed by atoms with Crippen LogP contribution in [0.1, 0.15) is 56.8 Å². The Balaban J connectivity index is 1.79. The van der Waals surface area contributed by atoms with Gasteiger partial charge in [0.05, 0.1) is 31.5 Å². The summed E-state index contributed by atoms with van der Waals surface area (Å²) in [5.41, 5.74) is 3.46. The topological polar surface area (TPSA) is 63.9 Å². The van der Waals surface area contributed by atoms with Crippen molar-refractivity contribution in [2.24, 2.45) is 0 Å². The molecule has 1 fully saturated rings.